The van der Waals surface area contributed by atoms with E-state index in [2.05, 4.69) is 25.4 Å². The van der Waals surface area contributed by atoms with Gasteiger partial charge in [0, 0.05) is 34.3 Å². The van der Waals surface area contributed by atoms with Crippen molar-refractivity contribution >= 4 is 16.9 Å². The van der Waals surface area contributed by atoms with Crippen molar-refractivity contribution in [2.75, 3.05) is 26.2 Å². The molecule has 2 aromatic carbocycles. The molecule has 0 spiro atoms. The first kappa shape index (κ1) is 29.7. The van der Waals surface area contributed by atoms with Gasteiger partial charge in [0.1, 0.15) is 18.2 Å². The number of carbonyl (C=O) groups is 1. The molecule has 0 bridgehead atoms. The van der Waals surface area contributed by atoms with E-state index in [0.717, 1.165) is 53.5 Å². The topological polar surface area (TPSA) is 83.1 Å². The number of hydrogen-bond donors (Lipinski definition) is 2. The number of benzene rings is 2. The summed E-state index contributed by atoms with van der Waals surface area (Å²) in [4.78, 5) is 19.5. The zero-order valence-corrected chi connectivity index (χ0v) is 25.2. The van der Waals surface area contributed by atoms with Crippen molar-refractivity contribution in [1.29, 1.82) is 0 Å². The predicted molar refractivity (Wildman–Crippen MR) is 166 cm³/mol. The van der Waals surface area contributed by atoms with Crippen molar-refractivity contribution in [3.8, 4) is 28.1 Å². The Balaban J connectivity index is 0.000000847. The predicted octanol–water partition coefficient (Wildman–Crippen LogP) is 6.95. The Morgan fingerprint density at radius 1 is 0.929 bits per heavy atom. The molecule has 4 aromatic rings. The average molecular weight is 572 g/mol. The lowest BCUT2D eigenvalue weighted by atomic mass is 9.96. The molecule has 1 fully saturated rings. The Kier molecular flexibility index (Phi) is 9.52. The SMILES string of the molecule is CC.CC.O=C1NCCOc2cc(-c3[nH]nc4ncc(-c5cc6c(cc5F)CCC(N5CCCC5)CC6)cc34)ccc21. The fourth-order valence-corrected chi connectivity index (χ4v) is 6.28. The molecule has 1 aliphatic carbocycles. The van der Waals surface area contributed by atoms with Crippen LogP contribution in [0.4, 0.5) is 4.39 Å². The van der Waals surface area contributed by atoms with Crippen LogP contribution in [0.1, 0.15) is 74.9 Å². The number of likely N-dealkylation sites (tertiary alicyclic amines) is 1. The summed E-state index contributed by atoms with van der Waals surface area (Å²) in [6, 6.07) is 11.8. The number of halogens is 1. The van der Waals surface area contributed by atoms with Gasteiger partial charge in [0.2, 0.25) is 0 Å². The number of nitrogens with one attached hydrogen (secondary N) is 2. The van der Waals surface area contributed by atoms with Gasteiger partial charge in [-0.25, -0.2) is 9.37 Å². The van der Waals surface area contributed by atoms with Gasteiger partial charge in [0.15, 0.2) is 5.65 Å². The maximum absolute atomic E-state index is 15.5. The Labute approximate surface area is 247 Å². The molecule has 2 N–H and O–H groups in total. The lowest BCUT2D eigenvalue weighted by molar-refractivity contribution is 0.0957. The second-order valence-corrected chi connectivity index (χ2v) is 10.6. The molecule has 8 heteroatoms. The summed E-state index contributed by atoms with van der Waals surface area (Å²) in [5.74, 6) is 0.181. The largest absolute Gasteiger partial charge is 0.491 e. The highest BCUT2D eigenvalue weighted by molar-refractivity contribution is 5.99. The standard InChI is InChI=1S/C30H30FN5O2.2C2H6/c31-26-15-19-4-7-22(36-10-1-2-11-36)6-3-18(19)13-24(26)21-14-25-28(34-35-29(25)33-17-21)20-5-8-23-27(16-20)38-12-9-32-30(23)37;2*1-2/h5,8,13-17,22H,1-4,6-7,9-12H2,(H,32,37)(H,33,34,35);2*1-2H3. The molecule has 1 saturated heterocycles. The van der Waals surface area contributed by atoms with Gasteiger partial charge in [-0.15, -0.1) is 0 Å². The van der Waals surface area contributed by atoms with Crippen LogP contribution in [-0.2, 0) is 12.8 Å². The van der Waals surface area contributed by atoms with Crippen LogP contribution in [0.5, 0.6) is 5.75 Å². The van der Waals surface area contributed by atoms with Crippen molar-refractivity contribution in [2.45, 2.75) is 72.3 Å². The quantitative estimate of drug-likeness (QED) is 0.260. The second-order valence-electron chi connectivity index (χ2n) is 10.6. The molecule has 0 saturated carbocycles. The molecule has 7 rings (SSSR count). The third kappa shape index (κ3) is 5.91. The number of aryl methyl sites for hydroxylation is 2. The molecular weight excluding hydrogens is 529 g/mol. The number of nitrogens with zero attached hydrogens (tertiary/aromatic N) is 3. The highest BCUT2D eigenvalue weighted by atomic mass is 19.1. The van der Waals surface area contributed by atoms with Crippen LogP contribution in [0.25, 0.3) is 33.4 Å². The molecule has 3 aliphatic rings. The molecule has 1 atom stereocenters. The van der Waals surface area contributed by atoms with Crippen LogP contribution in [0.2, 0.25) is 0 Å². The third-order valence-corrected chi connectivity index (χ3v) is 8.32. The van der Waals surface area contributed by atoms with E-state index >= 15 is 4.39 Å². The van der Waals surface area contributed by atoms with Crippen molar-refractivity contribution in [1.82, 2.24) is 25.4 Å². The number of aromatic nitrogens is 3. The minimum Gasteiger partial charge on any atom is -0.491 e. The van der Waals surface area contributed by atoms with Crippen LogP contribution in [0, 0.1) is 5.82 Å². The Bertz CT molecular complexity index is 1540. The van der Waals surface area contributed by atoms with Crippen molar-refractivity contribution < 1.29 is 13.9 Å². The van der Waals surface area contributed by atoms with Gasteiger partial charge in [0.25, 0.3) is 5.91 Å². The van der Waals surface area contributed by atoms with Crippen LogP contribution >= 0.6 is 0 Å². The summed E-state index contributed by atoms with van der Waals surface area (Å²) in [5, 5.41) is 11.1. The molecule has 222 valence electrons. The summed E-state index contributed by atoms with van der Waals surface area (Å²) >= 11 is 0. The van der Waals surface area contributed by atoms with Crippen molar-refractivity contribution in [2.24, 2.45) is 0 Å². The van der Waals surface area contributed by atoms with Crippen LogP contribution < -0.4 is 10.1 Å². The molecule has 0 radical (unpaired) electrons. The lowest BCUT2D eigenvalue weighted by Crippen LogP contribution is -2.32. The van der Waals surface area contributed by atoms with Gasteiger partial charge >= 0.3 is 0 Å². The average Bonchev–Trinajstić information content (AvgIpc) is 3.63. The first-order valence-electron chi connectivity index (χ1n) is 15.6. The number of aromatic amines is 1. The van der Waals surface area contributed by atoms with Gasteiger partial charge < -0.3 is 15.0 Å². The van der Waals surface area contributed by atoms with Gasteiger partial charge in [-0.1, -0.05) is 33.8 Å². The van der Waals surface area contributed by atoms with E-state index in [1.54, 1.807) is 18.3 Å². The molecule has 7 nitrogen and oxygen atoms in total. The smallest absolute Gasteiger partial charge is 0.255 e. The number of pyridine rings is 1. The Morgan fingerprint density at radius 2 is 1.67 bits per heavy atom. The van der Waals surface area contributed by atoms with E-state index < -0.39 is 0 Å². The number of amides is 1. The molecule has 4 heterocycles. The Hall–Kier alpha value is -3.78. The molecule has 42 heavy (non-hydrogen) atoms. The monoisotopic (exact) mass is 571 g/mol. The fourth-order valence-electron chi connectivity index (χ4n) is 6.28. The number of hydrogen-bond acceptors (Lipinski definition) is 5. The van der Waals surface area contributed by atoms with Gasteiger partial charge in [0.05, 0.1) is 17.8 Å². The van der Waals surface area contributed by atoms with E-state index in [9.17, 15) is 4.79 Å². The molecule has 1 amide bonds. The second kappa shape index (κ2) is 13.5. The van der Waals surface area contributed by atoms with Crippen LogP contribution in [0.15, 0.2) is 42.6 Å². The first-order chi connectivity index (χ1) is 20.6. The summed E-state index contributed by atoms with van der Waals surface area (Å²) < 4.78 is 21.3. The number of carbonyl (C=O) groups excluding carboxylic acids is 1. The van der Waals surface area contributed by atoms with E-state index in [4.69, 9.17) is 4.74 Å². The molecular formula is C34H42FN5O2. The summed E-state index contributed by atoms with van der Waals surface area (Å²) in [5.41, 5.74) is 6.34. The van der Waals surface area contributed by atoms with Crippen LogP contribution in [-0.4, -0.2) is 58.3 Å². The fraction of sp³-hybridized carbons (Fsp3) is 0.441. The van der Waals surface area contributed by atoms with Crippen molar-refractivity contribution in [3.05, 3.63) is 65.1 Å². The molecule has 1 unspecified atom stereocenters. The normalized spacial score (nSPS) is 18.2. The van der Waals surface area contributed by atoms with Gasteiger partial charge in [-0.2, -0.15) is 5.10 Å². The summed E-state index contributed by atoms with van der Waals surface area (Å²) in [6.07, 6.45) is 8.41. The molecule has 2 aromatic heterocycles. The number of fused-ring (bicyclic) bond motifs is 3. The van der Waals surface area contributed by atoms with Gasteiger partial charge in [-0.3, -0.25) is 9.89 Å². The van der Waals surface area contributed by atoms with Crippen molar-refractivity contribution in [3.63, 3.8) is 0 Å². The van der Waals surface area contributed by atoms with Gasteiger partial charge in [-0.05, 0) is 93.1 Å². The third-order valence-electron chi connectivity index (χ3n) is 8.32. The highest BCUT2D eigenvalue weighted by Crippen LogP contribution is 2.35. The first-order valence-corrected chi connectivity index (χ1v) is 15.6. The highest BCUT2D eigenvalue weighted by Gasteiger charge is 2.26. The number of H-pyrrole nitrogens is 1. The number of ether oxygens (including phenoxy) is 1. The lowest BCUT2D eigenvalue weighted by Gasteiger charge is -2.25. The maximum Gasteiger partial charge on any atom is 0.255 e. The van der Waals surface area contributed by atoms with Crippen LogP contribution in [0.3, 0.4) is 0 Å². The number of rotatable bonds is 3. The Morgan fingerprint density at radius 3 is 2.43 bits per heavy atom. The van der Waals surface area contributed by atoms with E-state index in [0.29, 0.717) is 41.7 Å². The minimum absolute atomic E-state index is 0.145. The van der Waals surface area contributed by atoms with E-state index in [-0.39, 0.29) is 11.7 Å². The minimum atomic E-state index is -0.209. The maximum atomic E-state index is 15.5. The zero-order valence-electron chi connectivity index (χ0n) is 25.2. The van der Waals surface area contributed by atoms with E-state index in [1.807, 2.05) is 52.0 Å². The zero-order chi connectivity index (χ0) is 29.6. The summed E-state index contributed by atoms with van der Waals surface area (Å²) in [6.45, 7) is 11.3. The molecule has 2 aliphatic heterocycles. The van der Waals surface area contributed by atoms with E-state index in [1.165, 1.54) is 31.5 Å². The summed E-state index contributed by atoms with van der Waals surface area (Å²) in [7, 11) is 0.